The molecule has 0 saturated carbocycles. The molecule has 1 fully saturated rings. The van der Waals surface area contributed by atoms with Gasteiger partial charge in [0.25, 0.3) is 0 Å². The predicted molar refractivity (Wildman–Crippen MR) is 195 cm³/mol. The first-order valence-corrected chi connectivity index (χ1v) is 17.5. The van der Waals surface area contributed by atoms with Gasteiger partial charge in [0.1, 0.15) is 0 Å². The normalized spacial score (nSPS) is 24.1. The Kier molecular flexibility index (Phi) is 13.5. The molecular formula is C40H56N4O2. The number of amides is 1. The van der Waals surface area contributed by atoms with E-state index in [0.717, 1.165) is 86.3 Å². The van der Waals surface area contributed by atoms with E-state index >= 15 is 0 Å². The van der Waals surface area contributed by atoms with E-state index in [1.54, 1.807) is 0 Å². The van der Waals surface area contributed by atoms with Crippen LogP contribution in [0.3, 0.4) is 0 Å². The van der Waals surface area contributed by atoms with Gasteiger partial charge in [-0.3, -0.25) is 19.7 Å². The number of benzene rings is 1. The maximum absolute atomic E-state index is 12.5. The SMILES string of the molecule is C=C(Cc1ccc(NC(=O)CN2CCC2CO)cc1)C1=CCC(C)C(C)C(=CC=CC)C(C(CC)CCC2=CC(C)=NCCC2)=N1. The summed E-state index contributed by atoms with van der Waals surface area (Å²) < 4.78 is 0. The van der Waals surface area contributed by atoms with Crippen molar-refractivity contribution in [2.45, 2.75) is 92.0 Å². The van der Waals surface area contributed by atoms with Gasteiger partial charge < -0.3 is 10.4 Å². The monoisotopic (exact) mass is 624 g/mol. The Bertz CT molecular complexity index is 1390. The van der Waals surface area contributed by atoms with E-state index in [1.807, 2.05) is 17.0 Å². The van der Waals surface area contributed by atoms with Crippen LogP contribution in [0.15, 0.2) is 93.6 Å². The second-order valence-corrected chi connectivity index (χ2v) is 13.4. The standard InChI is InChI=1S/C40H56N4O2/c1-7-9-12-37-31(6)28(3)13-20-38(43-40(37)34(8-2)17-14-32-11-10-22-41-30(5)25-32)29(4)24-33-15-18-35(19-16-33)42-39(46)26-44-23-21-36(44)27-45/h7,9,12,15-16,18-20,25,28,31,34,36,45H,4,8,10-11,13-14,17,21-24,26-27H2,1-3,5-6H3,(H,42,46). The largest absolute Gasteiger partial charge is 0.395 e. The fourth-order valence-corrected chi connectivity index (χ4v) is 6.67. The number of aliphatic hydroxyl groups is 1. The smallest absolute Gasteiger partial charge is 0.238 e. The molecule has 4 rings (SSSR count). The van der Waals surface area contributed by atoms with Crippen LogP contribution in [0.1, 0.15) is 85.1 Å². The highest BCUT2D eigenvalue weighted by molar-refractivity contribution is 6.03. The van der Waals surface area contributed by atoms with Gasteiger partial charge in [-0.05, 0) is 112 Å². The molecule has 4 atom stereocenters. The van der Waals surface area contributed by atoms with Crippen LogP contribution < -0.4 is 5.32 Å². The molecule has 4 unspecified atom stereocenters. The average Bonchev–Trinajstić information content (AvgIpc) is 3.24. The summed E-state index contributed by atoms with van der Waals surface area (Å²) in [6, 6.07) is 8.17. The van der Waals surface area contributed by atoms with Crippen LogP contribution in [-0.4, -0.2) is 59.6 Å². The second-order valence-electron chi connectivity index (χ2n) is 13.4. The molecule has 0 aromatic heterocycles. The lowest BCUT2D eigenvalue weighted by atomic mass is 9.77. The third-order valence-electron chi connectivity index (χ3n) is 10.00. The lowest BCUT2D eigenvalue weighted by Gasteiger charge is -2.39. The van der Waals surface area contributed by atoms with Crippen LogP contribution in [-0.2, 0) is 11.2 Å². The summed E-state index contributed by atoms with van der Waals surface area (Å²) in [6.45, 7) is 18.0. The maximum atomic E-state index is 12.5. The molecule has 3 aliphatic heterocycles. The molecule has 1 aromatic carbocycles. The molecule has 0 spiro atoms. The number of aliphatic imine (C=N–C) groups is 2. The summed E-state index contributed by atoms with van der Waals surface area (Å²) in [5, 5.41) is 12.4. The van der Waals surface area contributed by atoms with Gasteiger partial charge in [-0.1, -0.05) is 69.4 Å². The molecule has 0 aliphatic carbocycles. The van der Waals surface area contributed by atoms with Crippen molar-refractivity contribution in [2.75, 3.05) is 31.6 Å². The molecule has 1 amide bonds. The number of nitrogens with one attached hydrogen (secondary N) is 1. The Balaban J connectivity index is 1.52. The van der Waals surface area contributed by atoms with Crippen molar-refractivity contribution < 1.29 is 9.90 Å². The molecule has 3 aliphatic rings. The van der Waals surface area contributed by atoms with Crippen molar-refractivity contribution in [1.29, 1.82) is 0 Å². The number of carbonyl (C=O) groups excluding carboxylic acids is 1. The second kappa shape index (κ2) is 17.5. The number of anilines is 1. The van der Waals surface area contributed by atoms with Crippen LogP contribution in [0.2, 0.25) is 0 Å². The van der Waals surface area contributed by atoms with Gasteiger partial charge in [0.2, 0.25) is 5.91 Å². The van der Waals surface area contributed by atoms with E-state index in [2.05, 4.69) is 94.0 Å². The van der Waals surface area contributed by atoms with Gasteiger partial charge in [0.05, 0.1) is 18.8 Å². The molecular weight excluding hydrogens is 568 g/mol. The minimum Gasteiger partial charge on any atom is -0.395 e. The van der Waals surface area contributed by atoms with E-state index < -0.39 is 0 Å². The van der Waals surface area contributed by atoms with E-state index in [1.165, 1.54) is 16.9 Å². The summed E-state index contributed by atoms with van der Waals surface area (Å²) in [7, 11) is 0. The van der Waals surface area contributed by atoms with Crippen LogP contribution in [0.25, 0.3) is 0 Å². The fourth-order valence-electron chi connectivity index (χ4n) is 6.67. The third kappa shape index (κ3) is 9.83. The zero-order valence-electron chi connectivity index (χ0n) is 28.9. The van der Waals surface area contributed by atoms with Gasteiger partial charge in [0.15, 0.2) is 0 Å². The van der Waals surface area contributed by atoms with Crippen molar-refractivity contribution in [3.8, 4) is 0 Å². The Labute approximate surface area is 277 Å². The van der Waals surface area contributed by atoms with Crippen LogP contribution >= 0.6 is 0 Å². The highest BCUT2D eigenvalue weighted by Gasteiger charge is 2.29. The predicted octanol–water partition coefficient (Wildman–Crippen LogP) is 8.28. The molecule has 6 nitrogen and oxygen atoms in total. The van der Waals surface area contributed by atoms with Crippen molar-refractivity contribution in [3.05, 3.63) is 89.2 Å². The third-order valence-corrected chi connectivity index (χ3v) is 10.00. The van der Waals surface area contributed by atoms with Crippen molar-refractivity contribution in [3.63, 3.8) is 0 Å². The summed E-state index contributed by atoms with van der Waals surface area (Å²) in [5.41, 5.74) is 9.17. The number of allylic oxidation sites excluding steroid dienone is 8. The highest BCUT2D eigenvalue weighted by atomic mass is 16.3. The van der Waals surface area contributed by atoms with E-state index in [-0.39, 0.29) is 18.6 Å². The summed E-state index contributed by atoms with van der Waals surface area (Å²) in [4.78, 5) is 24.7. The molecule has 46 heavy (non-hydrogen) atoms. The average molecular weight is 625 g/mol. The molecule has 1 aromatic rings. The van der Waals surface area contributed by atoms with Crippen LogP contribution in [0, 0.1) is 17.8 Å². The minimum atomic E-state index is -0.0499. The van der Waals surface area contributed by atoms with E-state index in [4.69, 9.17) is 4.99 Å². The Morgan fingerprint density at radius 2 is 2.02 bits per heavy atom. The van der Waals surface area contributed by atoms with Gasteiger partial charge in [-0.15, -0.1) is 0 Å². The molecule has 0 bridgehead atoms. The number of carbonyl (C=O) groups is 1. The fraction of sp³-hybridized carbons (Fsp3) is 0.525. The van der Waals surface area contributed by atoms with E-state index in [9.17, 15) is 9.90 Å². The Morgan fingerprint density at radius 3 is 2.70 bits per heavy atom. The number of rotatable bonds is 13. The van der Waals surface area contributed by atoms with Gasteiger partial charge in [-0.2, -0.15) is 0 Å². The zero-order chi connectivity index (χ0) is 33.1. The number of hydrogen-bond donors (Lipinski definition) is 2. The summed E-state index contributed by atoms with van der Waals surface area (Å²) in [6.07, 6.45) is 19.3. The molecule has 1 saturated heterocycles. The number of likely N-dealkylation sites (tertiary alicyclic amines) is 1. The molecule has 0 radical (unpaired) electrons. The Morgan fingerprint density at radius 1 is 1.24 bits per heavy atom. The first-order valence-electron chi connectivity index (χ1n) is 17.5. The number of hydrogen-bond acceptors (Lipinski definition) is 5. The first-order chi connectivity index (χ1) is 22.2. The molecule has 248 valence electrons. The lowest BCUT2D eigenvalue weighted by molar-refractivity contribution is -0.119. The maximum Gasteiger partial charge on any atom is 0.238 e. The van der Waals surface area contributed by atoms with Gasteiger partial charge >= 0.3 is 0 Å². The van der Waals surface area contributed by atoms with E-state index in [0.29, 0.717) is 30.7 Å². The zero-order valence-corrected chi connectivity index (χ0v) is 28.9. The molecule has 6 heteroatoms. The van der Waals surface area contributed by atoms with Crippen molar-refractivity contribution in [1.82, 2.24) is 4.90 Å². The van der Waals surface area contributed by atoms with Gasteiger partial charge in [-0.25, -0.2) is 0 Å². The molecule has 3 heterocycles. The van der Waals surface area contributed by atoms with Crippen molar-refractivity contribution in [2.24, 2.45) is 27.7 Å². The van der Waals surface area contributed by atoms with Gasteiger partial charge in [0, 0.05) is 42.2 Å². The summed E-state index contributed by atoms with van der Waals surface area (Å²) >= 11 is 0. The summed E-state index contributed by atoms with van der Waals surface area (Å²) in [5.74, 6) is 1.19. The highest BCUT2D eigenvalue weighted by Crippen LogP contribution is 2.35. The number of nitrogens with zero attached hydrogens (tertiary/aromatic N) is 3. The van der Waals surface area contributed by atoms with Crippen molar-refractivity contribution >= 4 is 23.0 Å². The quantitative estimate of drug-likeness (QED) is 0.232. The lowest BCUT2D eigenvalue weighted by Crippen LogP contribution is -2.52. The molecule has 2 N–H and O–H groups in total. The van der Waals surface area contributed by atoms with Crippen LogP contribution in [0.5, 0.6) is 0 Å². The number of aliphatic hydroxyl groups excluding tert-OH is 1. The van der Waals surface area contributed by atoms with Crippen LogP contribution in [0.4, 0.5) is 5.69 Å². The Hall–Kier alpha value is -3.35. The topological polar surface area (TPSA) is 77.3 Å². The first kappa shape index (κ1) is 35.5. The minimum absolute atomic E-state index is 0.0499.